The maximum atomic E-state index is 12.9. The van der Waals surface area contributed by atoms with Gasteiger partial charge in [-0.25, -0.2) is 4.79 Å². The number of nitrogens with zero attached hydrogens (tertiary/aromatic N) is 2. The molecule has 0 bridgehead atoms. The number of fused-ring (bicyclic) bond motifs is 2. The highest BCUT2D eigenvalue weighted by atomic mass is 35.5. The topological polar surface area (TPSA) is 234 Å². The van der Waals surface area contributed by atoms with Crippen molar-refractivity contribution >= 4 is 63.1 Å². The minimum Gasteiger partial charge on any atom is -0.506 e. The second-order valence-corrected chi connectivity index (χ2v) is 11.6. The normalized spacial score (nSPS) is 11.1. The number of carboxylic acid groups (broad SMARTS) is 1. The van der Waals surface area contributed by atoms with Crippen LogP contribution in [0.2, 0.25) is 10.0 Å². The van der Waals surface area contributed by atoms with Gasteiger partial charge in [0.1, 0.15) is 22.8 Å². The van der Waals surface area contributed by atoms with Crippen molar-refractivity contribution in [3.05, 3.63) is 112 Å². The van der Waals surface area contributed by atoms with E-state index < -0.39 is 38.5 Å². The molecule has 4 N–H and O–H groups in total. The van der Waals surface area contributed by atoms with E-state index in [1.54, 1.807) is 0 Å². The molecule has 0 aromatic heterocycles. The van der Waals surface area contributed by atoms with Crippen molar-refractivity contribution in [2.45, 2.75) is 0 Å². The Bertz CT molecular complexity index is 2210. The first-order chi connectivity index (χ1) is 24.3. The largest absolute Gasteiger partial charge is 0.506 e. The number of nitrogens with one attached hydrogen (secondary N) is 2. The number of rotatable bonds is 15. The van der Waals surface area contributed by atoms with E-state index in [2.05, 4.69) is 10.6 Å². The Morgan fingerprint density at radius 2 is 1.57 bits per heavy atom. The van der Waals surface area contributed by atoms with Gasteiger partial charge in [0, 0.05) is 53.4 Å². The Hall–Kier alpha value is -5.81. The first kappa shape index (κ1) is 36.5. The molecule has 0 saturated carbocycles. The summed E-state index contributed by atoms with van der Waals surface area (Å²) in [7, 11) is 0. The first-order valence-electron chi connectivity index (χ1n) is 14.9. The van der Waals surface area contributed by atoms with Gasteiger partial charge >= 0.3 is 5.97 Å². The summed E-state index contributed by atoms with van der Waals surface area (Å²) in [5.74, 6) is -2.12. The number of carboxylic acids is 1. The lowest BCUT2D eigenvalue weighted by Crippen LogP contribution is -2.28. The Labute approximate surface area is 296 Å². The number of hydrogen-bond acceptors (Lipinski definition) is 12. The third-order valence-electron chi connectivity index (χ3n) is 7.48. The molecule has 1 aliphatic heterocycles. The van der Waals surface area contributed by atoms with Crippen molar-refractivity contribution in [1.82, 2.24) is 5.32 Å². The number of hydrogen-bond donors (Lipinski definition) is 4. The van der Waals surface area contributed by atoms with Gasteiger partial charge in [0.2, 0.25) is 5.43 Å². The highest BCUT2D eigenvalue weighted by Crippen LogP contribution is 2.44. The number of amides is 1. The molecule has 1 amide bonds. The lowest BCUT2D eigenvalue weighted by atomic mass is 9.89. The average Bonchev–Trinajstić information content (AvgIpc) is 3.09. The number of carbonyl (C=O) groups excluding carboxylic acids is 1. The molecule has 18 heteroatoms. The Morgan fingerprint density at radius 1 is 0.843 bits per heavy atom. The molecule has 1 heterocycles. The molecule has 0 spiro atoms. The number of phenols is 1. The van der Waals surface area contributed by atoms with Gasteiger partial charge < -0.3 is 34.7 Å². The van der Waals surface area contributed by atoms with Crippen molar-refractivity contribution in [2.75, 3.05) is 44.8 Å². The monoisotopic (exact) mass is 740 g/mol. The third-order valence-corrected chi connectivity index (χ3v) is 8.08. The van der Waals surface area contributed by atoms with Gasteiger partial charge in [-0.3, -0.25) is 29.8 Å². The smallest absolute Gasteiger partial charge is 0.336 e. The molecule has 5 rings (SSSR count). The molecule has 0 radical (unpaired) electrons. The Morgan fingerprint density at radius 3 is 2.25 bits per heavy atom. The molecule has 51 heavy (non-hydrogen) atoms. The van der Waals surface area contributed by atoms with Gasteiger partial charge in [0.05, 0.1) is 57.9 Å². The summed E-state index contributed by atoms with van der Waals surface area (Å²) >= 11 is 12.3. The van der Waals surface area contributed by atoms with Gasteiger partial charge in [0.25, 0.3) is 17.3 Å². The quantitative estimate of drug-likeness (QED) is 0.0420. The van der Waals surface area contributed by atoms with Crippen LogP contribution in [-0.4, -0.2) is 71.5 Å². The number of halogens is 2. The number of carbonyl (C=O) groups is 2. The number of benzene rings is 4. The Balaban J connectivity index is 1.17. The van der Waals surface area contributed by atoms with Gasteiger partial charge in [-0.05, 0) is 35.9 Å². The summed E-state index contributed by atoms with van der Waals surface area (Å²) in [6, 6.07) is 12.5. The zero-order valence-corrected chi connectivity index (χ0v) is 27.7. The lowest BCUT2D eigenvalue weighted by molar-refractivity contribution is -0.393. The van der Waals surface area contributed by atoms with Crippen LogP contribution in [0.4, 0.5) is 17.1 Å². The SMILES string of the molecule is O=C(NCCOCCOCCNc1ccc([N+](=O)[O-])cc1[N+](=O)[O-])c1ccc(-c2c3cc(Cl)c(=O)cc-3oc3cc(O)c(Cl)cc23)c(C(=O)O)c1. The van der Waals surface area contributed by atoms with Crippen LogP contribution in [0, 0.1) is 20.2 Å². The van der Waals surface area contributed by atoms with E-state index >= 15 is 0 Å². The lowest BCUT2D eigenvalue weighted by Gasteiger charge is -2.18. The van der Waals surface area contributed by atoms with Gasteiger partial charge in [0.15, 0.2) is 0 Å². The number of nitro groups is 2. The zero-order valence-electron chi connectivity index (χ0n) is 26.1. The van der Waals surface area contributed by atoms with E-state index in [4.69, 9.17) is 37.1 Å². The van der Waals surface area contributed by atoms with Crippen LogP contribution in [0.25, 0.3) is 33.4 Å². The molecule has 0 fully saturated rings. The van der Waals surface area contributed by atoms with Gasteiger partial charge in [-0.1, -0.05) is 29.3 Å². The van der Waals surface area contributed by atoms with Gasteiger partial charge in [-0.15, -0.1) is 0 Å². The molecule has 0 saturated heterocycles. The predicted octanol–water partition coefficient (Wildman–Crippen LogP) is 5.97. The molecule has 0 atom stereocenters. The van der Waals surface area contributed by atoms with E-state index in [0.717, 1.165) is 18.2 Å². The minimum absolute atomic E-state index is 0.0310. The fourth-order valence-corrected chi connectivity index (χ4v) is 5.45. The van der Waals surface area contributed by atoms with Crippen molar-refractivity contribution in [3.63, 3.8) is 0 Å². The Kier molecular flexibility index (Phi) is 11.3. The molecular weight excluding hydrogens is 715 g/mol. The van der Waals surface area contributed by atoms with Crippen LogP contribution in [0.1, 0.15) is 20.7 Å². The number of ether oxygens (including phenoxy) is 2. The molecule has 16 nitrogen and oxygen atoms in total. The van der Waals surface area contributed by atoms with E-state index in [0.29, 0.717) is 16.5 Å². The highest BCUT2D eigenvalue weighted by Gasteiger charge is 2.25. The van der Waals surface area contributed by atoms with Crippen molar-refractivity contribution in [3.8, 4) is 28.2 Å². The summed E-state index contributed by atoms with van der Waals surface area (Å²) < 4.78 is 16.7. The van der Waals surface area contributed by atoms with Crippen LogP contribution >= 0.6 is 23.2 Å². The number of aromatic carboxylic acids is 1. The number of non-ortho nitro benzene ring substituents is 1. The van der Waals surface area contributed by atoms with E-state index in [1.807, 2.05) is 0 Å². The molecule has 3 aromatic rings. The standard InChI is InChI=1S/C33H26Cl2N4O12/c34-23-13-21-29(15-27(23)40)51-30-16-28(41)24(35)14-22(30)31(21)19-3-1-17(11-20(19)33(43)44)32(42)37-6-8-50-10-9-49-7-5-36-25-4-2-18(38(45)46)12-26(25)39(47)48/h1-4,11-16,36,40H,5-10H2,(H,37,42)(H,43,44). The number of phenolic OH excluding ortho intramolecular Hbond substituents is 1. The van der Waals surface area contributed by atoms with Gasteiger partial charge in [-0.2, -0.15) is 0 Å². The molecule has 264 valence electrons. The number of nitro benzene ring substituents is 2. The zero-order chi connectivity index (χ0) is 36.8. The van der Waals surface area contributed by atoms with E-state index in [-0.39, 0.29) is 89.0 Å². The minimum atomic E-state index is -1.34. The van der Waals surface area contributed by atoms with Crippen LogP contribution in [0.15, 0.2) is 69.9 Å². The van der Waals surface area contributed by atoms with Crippen LogP contribution in [0.5, 0.6) is 5.75 Å². The number of aromatic hydroxyl groups is 1. The second-order valence-electron chi connectivity index (χ2n) is 10.7. The highest BCUT2D eigenvalue weighted by molar-refractivity contribution is 6.33. The molecule has 1 aliphatic carbocycles. The van der Waals surface area contributed by atoms with Crippen molar-refractivity contribution in [2.24, 2.45) is 0 Å². The first-order valence-corrected chi connectivity index (χ1v) is 15.7. The summed E-state index contributed by atoms with van der Waals surface area (Å²) in [5.41, 5.74) is -0.541. The van der Waals surface area contributed by atoms with Crippen molar-refractivity contribution < 1.29 is 43.5 Å². The molecular formula is C33H26Cl2N4O12. The summed E-state index contributed by atoms with van der Waals surface area (Å²) in [4.78, 5) is 58.3. The fraction of sp³-hybridized carbons (Fsp3) is 0.182. The summed E-state index contributed by atoms with van der Waals surface area (Å²) in [6.07, 6.45) is 0. The summed E-state index contributed by atoms with van der Waals surface area (Å²) in [6.45, 7) is 0.863. The molecule has 0 unspecified atom stereocenters. The molecule has 3 aromatic carbocycles. The maximum absolute atomic E-state index is 12.9. The predicted molar refractivity (Wildman–Crippen MR) is 185 cm³/mol. The summed E-state index contributed by atoms with van der Waals surface area (Å²) in [5, 5.41) is 48.0. The van der Waals surface area contributed by atoms with E-state index in [9.17, 15) is 44.8 Å². The average molecular weight is 741 g/mol. The third kappa shape index (κ3) is 8.33. The molecule has 2 aliphatic rings. The second kappa shape index (κ2) is 15.8. The van der Waals surface area contributed by atoms with Crippen LogP contribution in [-0.2, 0) is 9.47 Å². The van der Waals surface area contributed by atoms with Crippen LogP contribution in [0.3, 0.4) is 0 Å². The van der Waals surface area contributed by atoms with E-state index in [1.165, 1.54) is 42.5 Å². The van der Waals surface area contributed by atoms with Crippen LogP contribution < -0.4 is 16.1 Å². The number of anilines is 1. The van der Waals surface area contributed by atoms with Crippen molar-refractivity contribution in [1.29, 1.82) is 0 Å². The maximum Gasteiger partial charge on any atom is 0.336 e. The fourth-order valence-electron chi connectivity index (χ4n) is 5.12.